The number of benzene rings is 2. The molecule has 0 bridgehead atoms. The first-order valence-corrected chi connectivity index (χ1v) is 8.73. The van der Waals surface area contributed by atoms with E-state index in [2.05, 4.69) is 4.98 Å². The van der Waals surface area contributed by atoms with Crippen molar-refractivity contribution in [2.75, 3.05) is 11.5 Å². The molecule has 0 atom stereocenters. The molecule has 27 heavy (non-hydrogen) atoms. The Balaban J connectivity index is 1.81. The van der Waals surface area contributed by atoms with Gasteiger partial charge >= 0.3 is 0 Å². The largest absolute Gasteiger partial charge is 0.506 e. The van der Waals surface area contributed by atoms with E-state index in [9.17, 15) is 9.90 Å². The SMILES string of the molecule is Cc1ccc(OCC(=O)N(Cc2ccccn2)c2ccccc2O)c(C)c1. The minimum Gasteiger partial charge on any atom is -0.506 e. The number of carbonyl (C=O) groups is 1. The molecule has 1 N–H and O–H groups in total. The summed E-state index contributed by atoms with van der Waals surface area (Å²) in [6, 6.07) is 18.1. The predicted molar refractivity (Wildman–Crippen MR) is 105 cm³/mol. The zero-order valence-corrected chi connectivity index (χ0v) is 15.4. The molecule has 3 rings (SSSR count). The Morgan fingerprint density at radius 3 is 2.56 bits per heavy atom. The minimum absolute atomic E-state index is 0.0355. The Morgan fingerprint density at radius 2 is 1.85 bits per heavy atom. The Hall–Kier alpha value is -3.34. The summed E-state index contributed by atoms with van der Waals surface area (Å²) in [6.07, 6.45) is 1.68. The first-order chi connectivity index (χ1) is 13.0. The lowest BCUT2D eigenvalue weighted by Gasteiger charge is -2.23. The van der Waals surface area contributed by atoms with Crippen LogP contribution < -0.4 is 9.64 Å². The lowest BCUT2D eigenvalue weighted by Crippen LogP contribution is -2.35. The second kappa shape index (κ2) is 8.36. The van der Waals surface area contributed by atoms with Gasteiger partial charge in [-0.3, -0.25) is 14.7 Å². The van der Waals surface area contributed by atoms with Gasteiger partial charge in [-0.1, -0.05) is 35.9 Å². The topological polar surface area (TPSA) is 62.7 Å². The van der Waals surface area contributed by atoms with Crippen LogP contribution in [0.25, 0.3) is 0 Å². The smallest absolute Gasteiger partial charge is 0.265 e. The number of hydrogen-bond acceptors (Lipinski definition) is 4. The van der Waals surface area contributed by atoms with Gasteiger partial charge in [0.2, 0.25) is 0 Å². The number of nitrogens with zero attached hydrogens (tertiary/aromatic N) is 2. The second-order valence-electron chi connectivity index (χ2n) is 6.35. The van der Waals surface area contributed by atoms with Crippen LogP contribution in [0.3, 0.4) is 0 Å². The summed E-state index contributed by atoms with van der Waals surface area (Å²) in [4.78, 5) is 18.7. The molecule has 0 unspecified atom stereocenters. The van der Waals surface area contributed by atoms with Gasteiger partial charge in [-0.05, 0) is 49.7 Å². The summed E-state index contributed by atoms with van der Waals surface area (Å²) < 4.78 is 5.74. The van der Waals surface area contributed by atoms with Gasteiger partial charge in [0.25, 0.3) is 5.91 Å². The lowest BCUT2D eigenvalue weighted by atomic mass is 10.1. The number of amides is 1. The van der Waals surface area contributed by atoms with Gasteiger partial charge in [0, 0.05) is 6.20 Å². The van der Waals surface area contributed by atoms with Gasteiger partial charge in [0.15, 0.2) is 6.61 Å². The van der Waals surface area contributed by atoms with E-state index in [1.165, 1.54) is 4.90 Å². The van der Waals surface area contributed by atoms with Crippen LogP contribution in [0, 0.1) is 13.8 Å². The molecule has 5 nitrogen and oxygen atoms in total. The first kappa shape index (κ1) is 18.5. The Kier molecular flexibility index (Phi) is 5.71. The van der Waals surface area contributed by atoms with E-state index in [1.807, 2.05) is 50.2 Å². The van der Waals surface area contributed by atoms with Crippen LogP contribution >= 0.6 is 0 Å². The minimum atomic E-state index is -0.262. The molecular weight excluding hydrogens is 340 g/mol. The number of carbonyl (C=O) groups excluding carboxylic acids is 1. The van der Waals surface area contributed by atoms with Crippen molar-refractivity contribution in [1.82, 2.24) is 4.98 Å². The highest BCUT2D eigenvalue weighted by Gasteiger charge is 2.20. The van der Waals surface area contributed by atoms with Crippen molar-refractivity contribution in [3.8, 4) is 11.5 Å². The fraction of sp³-hybridized carbons (Fsp3) is 0.182. The highest BCUT2D eigenvalue weighted by atomic mass is 16.5. The maximum absolute atomic E-state index is 12.9. The molecule has 0 aliphatic heterocycles. The van der Waals surface area contributed by atoms with E-state index in [1.54, 1.807) is 30.5 Å². The van der Waals surface area contributed by atoms with Crippen LogP contribution in [-0.2, 0) is 11.3 Å². The molecule has 2 aromatic carbocycles. The summed E-state index contributed by atoms with van der Waals surface area (Å²) in [5.74, 6) is 0.444. The van der Waals surface area contributed by atoms with Gasteiger partial charge in [0.1, 0.15) is 11.5 Å². The maximum Gasteiger partial charge on any atom is 0.265 e. The van der Waals surface area contributed by atoms with E-state index < -0.39 is 0 Å². The van der Waals surface area contributed by atoms with E-state index >= 15 is 0 Å². The van der Waals surface area contributed by atoms with Gasteiger partial charge in [-0.25, -0.2) is 0 Å². The molecule has 1 amide bonds. The number of rotatable bonds is 6. The fourth-order valence-electron chi connectivity index (χ4n) is 2.83. The third kappa shape index (κ3) is 4.64. The van der Waals surface area contributed by atoms with Crippen molar-refractivity contribution < 1.29 is 14.6 Å². The number of aromatic nitrogens is 1. The van der Waals surface area contributed by atoms with Crippen LogP contribution in [-0.4, -0.2) is 22.6 Å². The summed E-state index contributed by atoms with van der Waals surface area (Å²) >= 11 is 0. The number of hydrogen-bond donors (Lipinski definition) is 1. The van der Waals surface area contributed by atoms with E-state index in [0.717, 1.165) is 16.8 Å². The number of phenolic OH excluding ortho intramolecular Hbond substituents is 1. The van der Waals surface area contributed by atoms with E-state index in [-0.39, 0.29) is 24.8 Å². The standard InChI is InChI=1S/C22H22N2O3/c1-16-10-11-21(17(2)13-16)27-15-22(26)24(14-18-7-5-6-12-23-18)19-8-3-4-9-20(19)25/h3-13,25H,14-15H2,1-2H3. The Morgan fingerprint density at radius 1 is 1.07 bits per heavy atom. The zero-order chi connectivity index (χ0) is 19.2. The molecule has 0 radical (unpaired) electrons. The Labute approximate surface area is 158 Å². The number of phenols is 1. The molecule has 0 aliphatic rings. The highest BCUT2D eigenvalue weighted by Crippen LogP contribution is 2.28. The molecule has 5 heteroatoms. The van der Waals surface area contributed by atoms with Gasteiger partial charge in [-0.15, -0.1) is 0 Å². The van der Waals surface area contributed by atoms with Crippen LogP contribution in [0.15, 0.2) is 66.9 Å². The maximum atomic E-state index is 12.9. The molecule has 0 aliphatic carbocycles. The molecule has 1 heterocycles. The molecule has 138 valence electrons. The quantitative estimate of drug-likeness (QED) is 0.719. The average molecular weight is 362 g/mol. The molecule has 0 saturated heterocycles. The van der Waals surface area contributed by atoms with Gasteiger partial charge in [-0.2, -0.15) is 0 Å². The van der Waals surface area contributed by atoms with E-state index in [0.29, 0.717) is 11.4 Å². The highest BCUT2D eigenvalue weighted by molar-refractivity contribution is 5.95. The average Bonchev–Trinajstić information content (AvgIpc) is 2.67. The molecule has 0 spiro atoms. The monoisotopic (exact) mass is 362 g/mol. The van der Waals surface area contributed by atoms with E-state index in [4.69, 9.17) is 4.74 Å². The summed E-state index contributed by atoms with van der Waals surface area (Å²) in [6.45, 7) is 4.06. The molecule has 3 aromatic rings. The zero-order valence-electron chi connectivity index (χ0n) is 15.4. The van der Waals surface area contributed by atoms with Gasteiger partial charge < -0.3 is 9.84 Å². The van der Waals surface area contributed by atoms with Crippen molar-refractivity contribution in [2.45, 2.75) is 20.4 Å². The van der Waals surface area contributed by atoms with Crippen molar-refractivity contribution >= 4 is 11.6 Å². The fourth-order valence-corrected chi connectivity index (χ4v) is 2.83. The third-order valence-electron chi connectivity index (χ3n) is 4.20. The molecule has 0 saturated carbocycles. The van der Waals surface area contributed by atoms with Crippen molar-refractivity contribution in [1.29, 1.82) is 0 Å². The van der Waals surface area contributed by atoms with Gasteiger partial charge in [0.05, 0.1) is 17.9 Å². The number of pyridine rings is 1. The number of anilines is 1. The number of ether oxygens (including phenoxy) is 1. The van der Waals surface area contributed by atoms with Crippen molar-refractivity contribution in [3.63, 3.8) is 0 Å². The summed E-state index contributed by atoms with van der Waals surface area (Å²) in [5, 5.41) is 10.2. The number of aryl methyl sites for hydroxylation is 2. The first-order valence-electron chi connectivity index (χ1n) is 8.73. The van der Waals surface area contributed by atoms with Crippen molar-refractivity contribution in [2.24, 2.45) is 0 Å². The summed E-state index contributed by atoms with van der Waals surface area (Å²) in [7, 11) is 0. The van der Waals surface area contributed by atoms with Crippen LogP contribution in [0.2, 0.25) is 0 Å². The molecule has 0 fully saturated rings. The van der Waals surface area contributed by atoms with Crippen molar-refractivity contribution in [3.05, 3.63) is 83.7 Å². The summed E-state index contributed by atoms with van der Waals surface area (Å²) in [5.41, 5.74) is 3.26. The second-order valence-corrected chi connectivity index (χ2v) is 6.35. The predicted octanol–water partition coefficient (Wildman–Crippen LogP) is 4.02. The van der Waals surface area contributed by atoms with Crippen LogP contribution in [0.1, 0.15) is 16.8 Å². The number of aromatic hydroxyl groups is 1. The normalized spacial score (nSPS) is 10.4. The van der Waals surface area contributed by atoms with Crippen LogP contribution in [0.5, 0.6) is 11.5 Å². The third-order valence-corrected chi connectivity index (χ3v) is 4.20. The van der Waals surface area contributed by atoms with Crippen LogP contribution in [0.4, 0.5) is 5.69 Å². The molecular formula is C22H22N2O3. The molecule has 1 aromatic heterocycles. The Bertz CT molecular complexity index is 926. The number of para-hydroxylation sites is 2. The lowest BCUT2D eigenvalue weighted by molar-refractivity contribution is -0.120.